The Labute approximate surface area is 110 Å². The van der Waals surface area contributed by atoms with Crippen molar-refractivity contribution < 1.29 is 9.53 Å². The highest BCUT2D eigenvalue weighted by Crippen LogP contribution is 2.18. The van der Waals surface area contributed by atoms with Crippen LogP contribution in [0.5, 0.6) is 5.75 Å². The Morgan fingerprint density at radius 1 is 1.32 bits per heavy atom. The Kier molecular flexibility index (Phi) is 4.07. The molecule has 0 spiro atoms. The SMILES string of the molecule is CCOc1ccccc1C(=O)Cn1cccnc1=O. The molecule has 1 aromatic heterocycles. The Morgan fingerprint density at radius 3 is 2.84 bits per heavy atom. The smallest absolute Gasteiger partial charge is 0.347 e. The Morgan fingerprint density at radius 2 is 2.11 bits per heavy atom. The third-order valence-corrected chi connectivity index (χ3v) is 2.58. The van der Waals surface area contributed by atoms with Gasteiger partial charge in [-0.2, -0.15) is 0 Å². The predicted octanol–water partition coefficient (Wildman–Crippen LogP) is 1.52. The first-order valence-corrected chi connectivity index (χ1v) is 5.99. The maximum Gasteiger partial charge on any atom is 0.347 e. The number of hydrogen-bond acceptors (Lipinski definition) is 4. The van der Waals surface area contributed by atoms with Gasteiger partial charge in [0.15, 0.2) is 5.78 Å². The number of para-hydroxylation sites is 1. The van der Waals surface area contributed by atoms with Gasteiger partial charge in [-0.05, 0) is 25.1 Å². The van der Waals surface area contributed by atoms with Crippen molar-refractivity contribution in [1.29, 1.82) is 0 Å². The van der Waals surface area contributed by atoms with Crippen LogP contribution in [0.25, 0.3) is 0 Å². The van der Waals surface area contributed by atoms with Crippen LogP contribution in [0.15, 0.2) is 47.5 Å². The molecule has 1 aromatic carbocycles. The van der Waals surface area contributed by atoms with Gasteiger partial charge in [0.2, 0.25) is 0 Å². The van der Waals surface area contributed by atoms with Crippen molar-refractivity contribution in [3.05, 3.63) is 58.8 Å². The maximum absolute atomic E-state index is 12.2. The lowest BCUT2D eigenvalue weighted by molar-refractivity contribution is 0.0966. The number of carbonyl (C=O) groups excluding carboxylic acids is 1. The van der Waals surface area contributed by atoms with Crippen molar-refractivity contribution in [2.45, 2.75) is 13.5 Å². The van der Waals surface area contributed by atoms with Crippen LogP contribution < -0.4 is 10.4 Å². The van der Waals surface area contributed by atoms with E-state index in [1.807, 2.05) is 6.92 Å². The molecule has 0 radical (unpaired) electrons. The third-order valence-electron chi connectivity index (χ3n) is 2.58. The molecule has 0 aliphatic rings. The van der Waals surface area contributed by atoms with Crippen LogP contribution in [0.2, 0.25) is 0 Å². The predicted molar refractivity (Wildman–Crippen MR) is 70.4 cm³/mol. The first kappa shape index (κ1) is 13.0. The van der Waals surface area contributed by atoms with Crippen molar-refractivity contribution in [3.8, 4) is 5.75 Å². The molecule has 0 saturated carbocycles. The molecule has 0 bridgehead atoms. The van der Waals surface area contributed by atoms with Gasteiger partial charge in [0, 0.05) is 12.4 Å². The number of nitrogens with zero attached hydrogens (tertiary/aromatic N) is 2. The van der Waals surface area contributed by atoms with Crippen LogP contribution in [0.3, 0.4) is 0 Å². The first-order valence-electron chi connectivity index (χ1n) is 5.99. The van der Waals surface area contributed by atoms with E-state index in [1.54, 1.807) is 30.3 Å². The van der Waals surface area contributed by atoms with E-state index in [0.717, 1.165) is 0 Å². The second kappa shape index (κ2) is 5.95. The second-order valence-corrected chi connectivity index (χ2v) is 3.88. The summed E-state index contributed by atoms with van der Waals surface area (Å²) in [5.74, 6) is 0.353. The van der Waals surface area contributed by atoms with Gasteiger partial charge in [0.25, 0.3) is 0 Å². The van der Waals surface area contributed by atoms with Crippen molar-refractivity contribution >= 4 is 5.78 Å². The average molecular weight is 258 g/mol. The molecule has 2 aromatic rings. The molecule has 1 heterocycles. The van der Waals surface area contributed by atoms with Gasteiger partial charge >= 0.3 is 5.69 Å². The molecular weight excluding hydrogens is 244 g/mol. The van der Waals surface area contributed by atoms with E-state index < -0.39 is 5.69 Å². The number of Topliss-reactive ketones (excluding diaryl/α,β-unsaturated/α-hetero) is 1. The highest BCUT2D eigenvalue weighted by molar-refractivity contribution is 5.98. The number of hydrogen-bond donors (Lipinski definition) is 0. The van der Waals surface area contributed by atoms with E-state index in [-0.39, 0.29) is 12.3 Å². The van der Waals surface area contributed by atoms with E-state index in [2.05, 4.69) is 4.98 Å². The van der Waals surface area contributed by atoms with Gasteiger partial charge < -0.3 is 4.74 Å². The number of rotatable bonds is 5. The minimum absolute atomic E-state index is 0.0449. The molecule has 0 amide bonds. The van der Waals surface area contributed by atoms with Crippen molar-refractivity contribution in [3.63, 3.8) is 0 Å². The van der Waals surface area contributed by atoms with Crippen LogP contribution in [0.1, 0.15) is 17.3 Å². The fourth-order valence-electron chi connectivity index (χ4n) is 1.73. The molecular formula is C14H14N2O3. The van der Waals surface area contributed by atoms with Crippen molar-refractivity contribution in [2.24, 2.45) is 0 Å². The highest BCUT2D eigenvalue weighted by Gasteiger charge is 2.12. The summed E-state index contributed by atoms with van der Waals surface area (Å²) < 4.78 is 6.67. The monoisotopic (exact) mass is 258 g/mol. The van der Waals surface area contributed by atoms with Gasteiger partial charge in [-0.25, -0.2) is 9.78 Å². The number of ketones is 1. The summed E-state index contributed by atoms with van der Waals surface area (Å²) in [6, 6.07) is 8.61. The van der Waals surface area contributed by atoms with Crippen LogP contribution >= 0.6 is 0 Å². The molecule has 0 aliphatic carbocycles. The summed E-state index contributed by atoms with van der Waals surface area (Å²) in [7, 11) is 0. The molecule has 98 valence electrons. The largest absolute Gasteiger partial charge is 0.493 e. The third kappa shape index (κ3) is 3.07. The molecule has 0 unspecified atom stereocenters. The minimum atomic E-state index is -0.440. The molecule has 0 aliphatic heterocycles. The molecule has 5 nitrogen and oxygen atoms in total. The maximum atomic E-state index is 12.2. The summed E-state index contributed by atoms with van der Waals surface area (Å²) in [4.78, 5) is 27.3. The normalized spacial score (nSPS) is 10.2. The zero-order valence-corrected chi connectivity index (χ0v) is 10.6. The highest BCUT2D eigenvalue weighted by atomic mass is 16.5. The molecule has 2 rings (SSSR count). The van der Waals surface area contributed by atoms with Gasteiger partial charge in [-0.3, -0.25) is 9.36 Å². The quantitative estimate of drug-likeness (QED) is 0.763. The number of aromatic nitrogens is 2. The summed E-state index contributed by atoms with van der Waals surface area (Å²) in [6.07, 6.45) is 2.94. The Balaban J connectivity index is 2.26. The number of ether oxygens (including phenoxy) is 1. The molecule has 0 fully saturated rings. The first-order chi connectivity index (χ1) is 9.22. The fourth-order valence-corrected chi connectivity index (χ4v) is 1.73. The van der Waals surface area contributed by atoms with Crippen LogP contribution in [-0.4, -0.2) is 21.9 Å². The van der Waals surface area contributed by atoms with Crippen LogP contribution in [0.4, 0.5) is 0 Å². The Hall–Kier alpha value is -2.43. The van der Waals surface area contributed by atoms with Gasteiger partial charge in [-0.1, -0.05) is 12.1 Å². The zero-order chi connectivity index (χ0) is 13.7. The van der Waals surface area contributed by atoms with Gasteiger partial charge in [-0.15, -0.1) is 0 Å². The summed E-state index contributed by atoms with van der Waals surface area (Å²) >= 11 is 0. The molecule has 5 heteroatoms. The van der Waals surface area contributed by atoms with Gasteiger partial charge in [0.1, 0.15) is 5.75 Å². The van der Waals surface area contributed by atoms with Crippen LogP contribution in [0, 0.1) is 0 Å². The summed E-state index contributed by atoms with van der Waals surface area (Å²) in [5.41, 5.74) is 0.0323. The van der Waals surface area contributed by atoms with Gasteiger partial charge in [0.05, 0.1) is 18.7 Å². The number of benzene rings is 1. The van der Waals surface area contributed by atoms with E-state index in [9.17, 15) is 9.59 Å². The van der Waals surface area contributed by atoms with Crippen molar-refractivity contribution in [2.75, 3.05) is 6.61 Å². The molecule has 19 heavy (non-hydrogen) atoms. The standard InChI is InChI=1S/C14H14N2O3/c1-2-19-13-7-4-3-6-11(13)12(17)10-16-9-5-8-15-14(16)18/h3-9H,2,10H2,1H3. The second-order valence-electron chi connectivity index (χ2n) is 3.88. The molecule has 0 atom stereocenters. The van der Waals surface area contributed by atoms with E-state index >= 15 is 0 Å². The van der Waals surface area contributed by atoms with E-state index in [1.165, 1.54) is 17.0 Å². The lowest BCUT2D eigenvalue weighted by Gasteiger charge is -2.09. The van der Waals surface area contributed by atoms with Crippen LogP contribution in [-0.2, 0) is 6.54 Å². The minimum Gasteiger partial charge on any atom is -0.493 e. The fraction of sp³-hybridized carbons (Fsp3) is 0.214. The lowest BCUT2D eigenvalue weighted by Crippen LogP contribution is -2.25. The summed E-state index contributed by atoms with van der Waals surface area (Å²) in [5, 5.41) is 0. The molecule has 0 N–H and O–H groups in total. The summed E-state index contributed by atoms with van der Waals surface area (Å²) in [6.45, 7) is 2.29. The number of carbonyl (C=O) groups is 1. The topological polar surface area (TPSA) is 61.2 Å². The Bertz CT molecular complexity index is 634. The van der Waals surface area contributed by atoms with E-state index in [4.69, 9.17) is 4.74 Å². The average Bonchev–Trinajstić information content (AvgIpc) is 2.42. The molecule has 0 saturated heterocycles. The van der Waals surface area contributed by atoms with E-state index in [0.29, 0.717) is 17.9 Å². The lowest BCUT2D eigenvalue weighted by atomic mass is 10.1. The zero-order valence-electron chi connectivity index (χ0n) is 10.6. The van der Waals surface area contributed by atoms with Crippen molar-refractivity contribution in [1.82, 2.24) is 9.55 Å².